The van der Waals surface area contributed by atoms with Gasteiger partial charge in [-0.3, -0.25) is 9.82 Å². The van der Waals surface area contributed by atoms with Crippen molar-refractivity contribution in [2.75, 3.05) is 4.72 Å². The van der Waals surface area contributed by atoms with Gasteiger partial charge in [-0.25, -0.2) is 8.42 Å². The Morgan fingerprint density at radius 1 is 1.47 bits per heavy atom. The van der Waals surface area contributed by atoms with Gasteiger partial charge >= 0.3 is 0 Å². The first-order valence-corrected chi connectivity index (χ1v) is 8.16. The van der Waals surface area contributed by atoms with Crippen LogP contribution in [0.1, 0.15) is 19.4 Å². The van der Waals surface area contributed by atoms with E-state index in [-0.39, 0.29) is 0 Å². The summed E-state index contributed by atoms with van der Waals surface area (Å²) in [6.07, 6.45) is 2.92. The van der Waals surface area contributed by atoms with Crippen molar-refractivity contribution < 1.29 is 8.42 Å². The molecule has 6 nitrogen and oxygen atoms in total. The van der Waals surface area contributed by atoms with Crippen molar-refractivity contribution >= 4 is 27.0 Å². The molecule has 2 heterocycles. The molecule has 0 saturated carbocycles. The molecule has 0 aliphatic carbocycles. The van der Waals surface area contributed by atoms with E-state index in [9.17, 15) is 8.42 Å². The van der Waals surface area contributed by atoms with E-state index >= 15 is 0 Å². The lowest BCUT2D eigenvalue weighted by Gasteiger charge is -2.05. The Bertz CT molecular complexity index is 617. The van der Waals surface area contributed by atoms with Gasteiger partial charge in [-0.2, -0.15) is 5.10 Å². The fourth-order valence-electron chi connectivity index (χ4n) is 1.42. The second-order valence-corrected chi connectivity index (χ2v) is 7.22. The Kier molecular flexibility index (Phi) is 4.23. The molecule has 2 aromatic heterocycles. The van der Waals surface area contributed by atoms with E-state index < -0.39 is 10.0 Å². The van der Waals surface area contributed by atoms with Gasteiger partial charge in [0.1, 0.15) is 4.21 Å². The molecule has 3 N–H and O–H groups in total. The number of H-pyrrole nitrogens is 1. The van der Waals surface area contributed by atoms with E-state index in [1.165, 1.54) is 23.7 Å². The van der Waals surface area contributed by atoms with Crippen LogP contribution in [0.15, 0.2) is 28.0 Å². The van der Waals surface area contributed by atoms with Gasteiger partial charge in [0.05, 0.1) is 11.9 Å². The van der Waals surface area contributed by atoms with E-state index in [4.69, 9.17) is 0 Å². The predicted octanol–water partition coefficient (Wildman–Crippen LogP) is 1.77. The molecular formula is C11H16N4O2S2. The molecule has 0 amide bonds. The molecule has 8 heteroatoms. The minimum absolute atomic E-state index is 0.300. The highest BCUT2D eigenvalue weighted by Gasteiger charge is 2.17. The number of hydrogen-bond donors (Lipinski definition) is 3. The average Bonchev–Trinajstić information content (AvgIpc) is 2.96. The number of rotatable bonds is 6. The molecule has 2 aromatic rings. The quantitative estimate of drug-likeness (QED) is 0.759. The predicted molar refractivity (Wildman–Crippen MR) is 75.7 cm³/mol. The van der Waals surface area contributed by atoms with Gasteiger partial charge < -0.3 is 5.32 Å². The number of thiophene rings is 1. The van der Waals surface area contributed by atoms with Crippen molar-refractivity contribution in [3.05, 3.63) is 29.4 Å². The van der Waals surface area contributed by atoms with Gasteiger partial charge in [-0.15, -0.1) is 11.3 Å². The fraction of sp³-hybridized carbons (Fsp3) is 0.364. The third kappa shape index (κ3) is 3.79. The Labute approximate surface area is 116 Å². The van der Waals surface area contributed by atoms with Crippen LogP contribution in [0, 0.1) is 0 Å². The second-order valence-electron chi connectivity index (χ2n) is 4.40. The zero-order chi connectivity index (χ0) is 13.9. The third-order valence-corrected chi connectivity index (χ3v) is 5.23. The summed E-state index contributed by atoms with van der Waals surface area (Å²) in [6.45, 7) is 4.75. The van der Waals surface area contributed by atoms with Crippen LogP contribution < -0.4 is 10.0 Å². The number of sulfonamides is 1. The lowest BCUT2D eigenvalue weighted by molar-refractivity contribution is 0.589. The molecule has 2 rings (SSSR count). The van der Waals surface area contributed by atoms with Crippen molar-refractivity contribution in [2.24, 2.45) is 0 Å². The van der Waals surface area contributed by atoms with E-state index in [2.05, 4.69) is 20.2 Å². The van der Waals surface area contributed by atoms with Crippen LogP contribution in [-0.4, -0.2) is 24.7 Å². The van der Waals surface area contributed by atoms with E-state index in [0.717, 1.165) is 5.56 Å². The van der Waals surface area contributed by atoms with Crippen LogP contribution in [0.3, 0.4) is 0 Å². The first kappa shape index (κ1) is 14.0. The van der Waals surface area contributed by atoms with Crippen molar-refractivity contribution in [1.29, 1.82) is 0 Å². The van der Waals surface area contributed by atoms with E-state index in [0.29, 0.717) is 22.5 Å². The molecule has 0 spiro atoms. The van der Waals surface area contributed by atoms with Crippen LogP contribution in [0.25, 0.3) is 0 Å². The Morgan fingerprint density at radius 2 is 2.26 bits per heavy atom. The van der Waals surface area contributed by atoms with E-state index in [1.54, 1.807) is 6.07 Å². The summed E-state index contributed by atoms with van der Waals surface area (Å²) in [7, 11) is -3.52. The van der Waals surface area contributed by atoms with Gasteiger partial charge in [-0.1, -0.05) is 13.8 Å². The molecule has 0 aliphatic heterocycles. The van der Waals surface area contributed by atoms with Crippen molar-refractivity contribution in [3.8, 4) is 0 Å². The van der Waals surface area contributed by atoms with Gasteiger partial charge in [-0.05, 0) is 17.0 Å². The van der Waals surface area contributed by atoms with Crippen molar-refractivity contribution in [2.45, 2.75) is 30.6 Å². The number of nitrogens with one attached hydrogen (secondary N) is 3. The Balaban J connectivity index is 2.08. The maximum absolute atomic E-state index is 12.1. The van der Waals surface area contributed by atoms with Crippen LogP contribution in [-0.2, 0) is 16.6 Å². The standard InChI is InChI=1S/C11H16N4O2S2/c1-8(2)12-4-9-3-11(18-7-9)19(16,17)15-10-5-13-14-6-10/h3,5-8,12,15H,4H2,1-2H3,(H,13,14). The number of anilines is 1. The SMILES string of the molecule is CC(C)NCc1csc(S(=O)(=O)Nc2cn[nH]c2)c1. The molecule has 0 aliphatic rings. The summed E-state index contributed by atoms with van der Waals surface area (Å²) in [4.78, 5) is 0. The molecule has 0 unspecified atom stereocenters. The Morgan fingerprint density at radius 3 is 2.89 bits per heavy atom. The summed E-state index contributed by atoms with van der Waals surface area (Å²) in [5.74, 6) is 0. The topological polar surface area (TPSA) is 86.9 Å². The van der Waals surface area contributed by atoms with Gasteiger partial charge in [0.2, 0.25) is 0 Å². The number of nitrogens with zero attached hydrogens (tertiary/aromatic N) is 1. The summed E-state index contributed by atoms with van der Waals surface area (Å²) in [5, 5.41) is 11.3. The van der Waals surface area contributed by atoms with Crippen molar-refractivity contribution in [1.82, 2.24) is 15.5 Å². The molecule has 19 heavy (non-hydrogen) atoms. The molecule has 104 valence electrons. The van der Waals surface area contributed by atoms with Gasteiger partial charge in [0.25, 0.3) is 10.0 Å². The van der Waals surface area contributed by atoms with E-state index in [1.807, 2.05) is 19.2 Å². The molecule has 0 bridgehead atoms. The average molecular weight is 300 g/mol. The molecule has 0 aromatic carbocycles. The second kappa shape index (κ2) is 5.72. The highest BCUT2D eigenvalue weighted by molar-refractivity contribution is 7.94. The van der Waals surface area contributed by atoms with Crippen molar-refractivity contribution in [3.63, 3.8) is 0 Å². The normalized spacial score (nSPS) is 11.9. The lowest BCUT2D eigenvalue weighted by atomic mass is 10.3. The van der Waals surface area contributed by atoms with Crippen LogP contribution in [0.4, 0.5) is 5.69 Å². The minimum Gasteiger partial charge on any atom is -0.310 e. The summed E-state index contributed by atoms with van der Waals surface area (Å²) < 4.78 is 26.9. The highest BCUT2D eigenvalue weighted by Crippen LogP contribution is 2.22. The molecule has 0 fully saturated rings. The monoisotopic (exact) mass is 300 g/mol. The number of aromatic nitrogens is 2. The molecular weight excluding hydrogens is 284 g/mol. The molecule has 0 atom stereocenters. The van der Waals surface area contributed by atoms with Gasteiger partial charge in [0, 0.05) is 18.8 Å². The molecule has 0 saturated heterocycles. The zero-order valence-corrected chi connectivity index (χ0v) is 12.3. The minimum atomic E-state index is -3.52. The first-order valence-electron chi connectivity index (χ1n) is 5.80. The Hall–Kier alpha value is -1.38. The summed E-state index contributed by atoms with van der Waals surface area (Å²) in [6, 6.07) is 2.05. The summed E-state index contributed by atoms with van der Waals surface area (Å²) >= 11 is 1.21. The zero-order valence-electron chi connectivity index (χ0n) is 10.7. The van der Waals surface area contributed by atoms with Crippen LogP contribution >= 0.6 is 11.3 Å². The lowest BCUT2D eigenvalue weighted by Crippen LogP contribution is -2.21. The number of aromatic amines is 1. The first-order chi connectivity index (χ1) is 8.97. The fourth-order valence-corrected chi connectivity index (χ4v) is 3.66. The maximum atomic E-state index is 12.1. The largest absolute Gasteiger partial charge is 0.310 e. The van der Waals surface area contributed by atoms with Crippen LogP contribution in [0.5, 0.6) is 0 Å². The smallest absolute Gasteiger partial charge is 0.271 e. The molecule has 0 radical (unpaired) electrons. The summed E-state index contributed by atoms with van der Waals surface area (Å²) in [5.41, 5.74) is 1.39. The highest BCUT2D eigenvalue weighted by atomic mass is 32.2. The number of hydrogen-bond acceptors (Lipinski definition) is 5. The maximum Gasteiger partial charge on any atom is 0.271 e. The third-order valence-electron chi connectivity index (χ3n) is 2.36. The van der Waals surface area contributed by atoms with Gasteiger partial charge in [0.15, 0.2) is 0 Å². The van der Waals surface area contributed by atoms with Crippen LogP contribution in [0.2, 0.25) is 0 Å².